The van der Waals surface area contributed by atoms with E-state index in [0.717, 1.165) is 38.4 Å². The molecule has 8 heteroatoms. The van der Waals surface area contributed by atoms with E-state index in [2.05, 4.69) is 25.8 Å². The summed E-state index contributed by atoms with van der Waals surface area (Å²) in [7, 11) is 3.33. The summed E-state index contributed by atoms with van der Waals surface area (Å²) < 4.78 is 0. The number of carbonyl (C=O) groups is 2. The predicted molar refractivity (Wildman–Crippen MR) is 112 cm³/mol. The Kier molecular flexibility index (Phi) is 11.0. The molecule has 7 nitrogen and oxygen atoms in total. The Morgan fingerprint density at radius 2 is 1.76 bits per heavy atom. The second-order valence-electron chi connectivity index (χ2n) is 6.94. The van der Waals surface area contributed by atoms with Crippen molar-refractivity contribution in [2.24, 2.45) is 16.3 Å². The SMILES string of the molecule is CCNC(=NCC(C)(C)C(=O)NC)N1CCC(CC(=O)NC)CC1.I. The minimum Gasteiger partial charge on any atom is -0.359 e. The fraction of sp³-hybridized carbons (Fsp3) is 0.824. The molecule has 1 saturated heterocycles. The van der Waals surface area contributed by atoms with Gasteiger partial charge in [0.2, 0.25) is 11.8 Å². The van der Waals surface area contributed by atoms with Gasteiger partial charge < -0.3 is 20.9 Å². The molecule has 2 amide bonds. The normalized spacial score (nSPS) is 16.0. The van der Waals surface area contributed by atoms with Gasteiger partial charge in [0.25, 0.3) is 0 Å². The highest BCUT2D eigenvalue weighted by atomic mass is 127. The maximum Gasteiger partial charge on any atom is 0.227 e. The summed E-state index contributed by atoms with van der Waals surface area (Å²) >= 11 is 0. The van der Waals surface area contributed by atoms with Gasteiger partial charge in [0.15, 0.2) is 5.96 Å². The Morgan fingerprint density at radius 1 is 1.16 bits per heavy atom. The average Bonchev–Trinajstić information content (AvgIpc) is 2.58. The highest BCUT2D eigenvalue weighted by molar-refractivity contribution is 14.0. The van der Waals surface area contributed by atoms with Gasteiger partial charge >= 0.3 is 0 Å². The number of amides is 2. The monoisotopic (exact) mass is 467 g/mol. The molecule has 0 aliphatic carbocycles. The van der Waals surface area contributed by atoms with Crippen LogP contribution in [0, 0.1) is 11.3 Å². The molecule has 0 aromatic heterocycles. The predicted octanol–water partition coefficient (Wildman–Crippen LogP) is 1.19. The smallest absolute Gasteiger partial charge is 0.227 e. The summed E-state index contributed by atoms with van der Waals surface area (Å²) in [6, 6.07) is 0. The number of nitrogens with zero attached hydrogens (tertiary/aromatic N) is 2. The summed E-state index contributed by atoms with van der Waals surface area (Å²) in [4.78, 5) is 30.3. The number of halogens is 1. The molecular weight excluding hydrogens is 433 g/mol. The Bertz CT molecular complexity index is 460. The number of aliphatic imine (C=N–C) groups is 1. The fourth-order valence-electron chi connectivity index (χ4n) is 2.82. The first-order chi connectivity index (χ1) is 11.3. The summed E-state index contributed by atoms with van der Waals surface area (Å²) in [6.07, 6.45) is 2.56. The number of hydrogen-bond acceptors (Lipinski definition) is 3. The average molecular weight is 467 g/mol. The van der Waals surface area contributed by atoms with Crippen molar-refractivity contribution in [3.05, 3.63) is 0 Å². The van der Waals surface area contributed by atoms with Crippen LogP contribution in [-0.2, 0) is 9.59 Å². The molecule has 0 bridgehead atoms. The van der Waals surface area contributed by atoms with Crippen LogP contribution >= 0.6 is 24.0 Å². The number of hydrogen-bond donors (Lipinski definition) is 3. The Morgan fingerprint density at radius 3 is 2.24 bits per heavy atom. The molecular formula is C17H34IN5O2. The van der Waals surface area contributed by atoms with Crippen molar-refractivity contribution in [1.82, 2.24) is 20.9 Å². The molecule has 0 radical (unpaired) electrons. The molecule has 1 aliphatic heterocycles. The summed E-state index contributed by atoms with van der Waals surface area (Å²) in [5.41, 5.74) is -0.535. The third-order valence-electron chi connectivity index (χ3n) is 4.47. The minimum atomic E-state index is -0.535. The van der Waals surface area contributed by atoms with Crippen molar-refractivity contribution in [1.29, 1.82) is 0 Å². The van der Waals surface area contributed by atoms with Crippen LogP contribution in [-0.4, -0.2) is 62.9 Å². The molecule has 25 heavy (non-hydrogen) atoms. The highest BCUT2D eigenvalue weighted by Gasteiger charge is 2.28. The van der Waals surface area contributed by atoms with Crippen LogP contribution in [0.25, 0.3) is 0 Å². The zero-order valence-electron chi connectivity index (χ0n) is 16.1. The molecule has 0 spiro atoms. The number of piperidine rings is 1. The van der Waals surface area contributed by atoms with Crippen molar-refractivity contribution < 1.29 is 9.59 Å². The van der Waals surface area contributed by atoms with Crippen LogP contribution in [0.1, 0.15) is 40.0 Å². The largest absolute Gasteiger partial charge is 0.359 e. The van der Waals surface area contributed by atoms with Gasteiger partial charge in [-0.15, -0.1) is 24.0 Å². The molecule has 3 N–H and O–H groups in total. The van der Waals surface area contributed by atoms with E-state index in [1.807, 2.05) is 20.8 Å². The Labute approximate surface area is 168 Å². The minimum absolute atomic E-state index is 0. The lowest BCUT2D eigenvalue weighted by atomic mass is 9.92. The van der Waals surface area contributed by atoms with Crippen molar-refractivity contribution in [3.63, 3.8) is 0 Å². The number of rotatable bonds is 6. The van der Waals surface area contributed by atoms with Gasteiger partial charge in [-0.1, -0.05) is 0 Å². The quantitative estimate of drug-likeness (QED) is 0.311. The van der Waals surface area contributed by atoms with E-state index in [0.29, 0.717) is 18.9 Å². The standard InChI is InChI=1S/C17H33N5O2.HI/c1-6-20-16(21-12-17(2,3)15(24)19-5)22-9-7-13(8-10-22)11-14(23)18-4;/h13H,6-12H2,1-5H3,(H,18,23)(H,19,24)(H,20,21);1H. The Balaban J connectivity index is 0.00000576. The zero-order valence-corrected chi connectivity index (χ0v) is 18.5. The van der Waals surface area contributed by atoms with Crippen molar-refractivity contribution in [2.45, 2.75) is 40.0 Å². The lowest BCUT2D eigenvalue weighted by molar-refractivity contribution is -0.128. The first kappa shape index (κ1) is 23.9. The molecule has 146 valence electrons. The van der Waals surface area contributed by atoms with Crippen molar-refractivity contribution >= 4 is 41.8 Å². The molecule has 1 rings (SSSR count). The molecule has 0 saturated carbocycles. The van der Waals surface area contributed by atoms with Crippen LogP contribution in [0.4, 0.5) is 0 Å². The molecule has 0 unspecified atom stereocenters. The number of likely N-dealkylation sites (tertiary alicyclic amines) is 1. The lowest BCUT2D eigenvalue weighted by Gasteiger charge is -2.34. The van der Waals surface area contributed by atoms with E-state index >= 15 is 0 Å². The molecule has 0 aromatic rings. The maximum absolute atomic E-state index is 11.9. The zero-order chi connectivity index (χ0) is 18.2. The van der Waals surface area contributed by atoms with Crippen molar-refractivity contribution in [3.8, 4) is 0 Å². The van der Waals surface area contributed by atoms with E-state index in [-0.39, 0.29) is 35.8 Å². The molecule has 0 atom stereocenters. The van der Waals surface area contributed by atoms with E-state index in [1.54, 1.807) is 14.1 Å². The second kappa shape index (κ2) is 11.5. The summed E-state index contributed by atoms with van der Waals surface area (Å²) in [6.45, 7) is 8.83. The Hall–Kier alpha value is -1.06. The van der Waals surface area contributed by atoms with E-state index in [1.165, 1.54) is 0 Å². The van der Waals surface area contributed by atoms with Gasteiger partial charge in [-0.2, -0.15) is 0 Å². The van der Waals surface area contributed by atoms with Gasteiger partial charge in [-0.3, -0.25) is 14.6 Å². The maximum atomic E-state index is 11.9. The third kappa shape index (κ3) is 7.79. The lowest BCUT2D eigenvalue weighted by Crippen LogP contribution is -2.47. The van der Waals surface area contributed by atoms with Gasteiger partial charge in [-0.25, -0.2) is 0 Å². The number of nitrogens with one attached hydrogen (secondary N) is 3. The van der Waals surface area contributed by atoms with Crippen molar-refractivity contribution in [2.75, 3.05) is 40.3 Å². The first-order valence-corrected chi connectivity index (χ1v) is 8.80. The second-order valence-corrected chi connectivity index (χ2v) is 6.94. The summed E-state index contributed by atoms with van der Waals surface area (Å²) in [5, 5.41) is 8.70. The van der Waals surface area contributed by atoms with Gasteiger partial charge in [0, 0.05) is 40.2 Å². The van der Waals surface area contributed by atoms with Crippen LogP contribution in [0.5, 0.6) is 0 Å². The number of carbonyl (C=O) groups excluding carboxylic acids is 2. The van der Waals surface area contributed by atoms with E-state index in [4.69, 9.17) is 0 Å². The van der Waals surface area contributed by atoms with E-state index < -0.39 is 5.41 Å². The molecule has 1 heterocycles. The van der Waals surface area contributed by atoms with E-state index in [9.17, 15) is 9.59 Å². The van der Waals surface area contributed by atoms with Crippen LogP contribution in [0.3, 0.4) is 0 Å². The van der Waals surface area contributed by atoms with Crippen LogP contribution in [0.2, 0.25) is 0 Å². The van der Waals surface area contributed by atoms with Crippen LogP contribution < -0.4 is 16.0 Å². The fourth-order valence-corrected chi connectivity index (χ4v) is 2.82. The summed E-state index contributed by atoms with van der Waals surface area (Å²) in [5.74, 6) is 1.40. The molecule has 1 fully saturated rings. The molecule has 1 aliphatic rings. The van der Waals surface area contributed by atoms with Gasteiger partial charge in [0.1, 0.15) is 0 Å². The van der Waals surface area contributed by atoms with Crippen LogP contribution in [0.15, 0.2) is 4.99 Å². The topological polar surface area (TPSA) is 85.8 Å². The number of guanidine groups is 1. The van der Waals surface area contributed by atoms with Gasteiger partial charge in [-0.05, 0) is 39.5 Å². The molecule has 0 aromatic carbocycles. The highest BCUT2D eigenvalue weighted by Crippen LogP contribution is 2.21. The van der Waals surface area contributed by atoms with Gasteiger partial charge in [0.05, 0.1) is 12.0 Å². The first-order valence-electron chi connectivity index (χ1n) is 8.80. The third-order valence-corrected chi connectivity index (χ3v) is 4.47.